The maximum absolute atomic E-state index is 13.0. The summed E-state index contributed by atoms with van der Waals surface area (Å²) in [6, 6.07) is 26.1. The minimum absolute atomic E-state index is 0.295. The first-order valence-electron chi connectivity index (χ1n) is 9.03. The molecule has 0 heterocycles. The minimum Gasteiger partial charge on any atom is -0.322 e. The molecule has 0 spiro atoms. The number of benzene rings is 4. The highest BCUT2D eigenvalue weighted by Gasteiger charge is 2.15. The molecular formula is C23H16Br2N2O2S. The van der Waals surface area contributed by atoms with Gasteiger partial charge < -0.3 is 10.0 Å². The van der Waals surface area contributed by atoms with Crippen LogP contribution in [0.15, 0.2) is 98.8 Å². The Morgan fingerprint density at radius 2 is 1.47 bits per heavy atom. The summed E-state index contributed by atoms with van der Waals surface area (Å²) in [6.45, 7) is 0. The van der Waals surface area contributed by atoms with Crippen LogP contribution in [0.1, 0.15) is 10.4 Å². The van der Waals surface area contributed by atoms with E-state index in [4.69, 9.17) is 0 Å². The van der Waals surface area contributed by atoms with Gasteiger partial charge in [0.05, 0.1) is 16.1 Å². The summed E-state index contributed by atoms with van der Waals surface area (Å²) in [5, 5.41) is 4.96. The van der Waals surface area contributed by atoms with Crippen LogP contribution in [0, 0.1) is 0 Å². The van der Waals surface area contributed by atoms with Crippen molar-refractivity contribution >= 4 is 70.9 Å². The Bertz CT molecular complexity index is 1260. The molecule has 4 aromatic carbocycles. The third kappa shape index (κ3) is 4.80. The van der Waals surface area contributed by atoms with Crippen LogP contribution in [-0.4, -0.2) is 10.1 Å². The average Bonchev–Trinajstić information content (AvgIpc) is 2.76. The molecule has 0 radical (unpaired) electrons. The molecule has 30 heavy (non-hydrogen) atoms. The molecule has 0 aliphatic heterocycles. The first kappa shape index (κ1) is 20.8. The first-order chi connectivity index (χ1) is 14.5. The van der Waals surface area contributed by atoms with Crippen molar-refractivity contribution in [1.82, 2.24) is 0 Å². The molecule has 0 bridgehead atoms. The third-order valence-electron chi connectivity index (χ3n) is 4.47. The molecule has 0 saturated heterocycles. The van der Waals surface area contributed by atoms with Gasteiger partial charge >= 0.3 is 0 Å². The molecule has 0 fully saturated rings. The van der Waals surface area contributed by atoms with Crippen molar-refractivity contribution in [3.05, 3.63) is 99.4 Å². The second-order valence-electron chi connectivity index (χ2n) is 6.53. The molecule has 4 aromatic rings. The smallest absolute Gasteiger partial charge is 0.257 e. The maximum Gasteiger partial charge on any atom is 0.257 e. The van der Waals surface area contributed by atoms with E-state index in [1.54, 1.807) is 30.3 Å². The highest BCUT2D eigenvalue weighted by molar-refractivity contribution is 9.10. The predicted molar refractivity (Wildman–Crippen MR) is 130 cm³/mol. The number of amides is 1. The molecule has 150 valence electrons. The molecule has 0 aliphatic carbocycles. The summed E-state index contributed by atoms with van der Waals surface area (Å²) in [5.41, 5.74) is 1.55. The van der Waals surface area contributed by atoms with Gasteiger partial charge in [-0.25, -0.2) is 4.21 Å². The summed E-state index contributed by atoms with van der Waals surface area (Å²) in [6.07, 6.45) is 0. The van der Waals surface area contributed by atoms with Crippen molar-refractivity contribution in [2.75, 3.05) is 10.0 Å². The van der Waals surface area contributed by atoms with Crippen molar-refractivity contribution in [1.29, 1.82) is 0 Å². The summed E-state index contributed by atoms with van der Waals surface area (Å²) < 4.78 is 17.6. The van der Waals surface area contributed by atoms with E-state index < -0.39 is 11.0 Å². The van der Waals surface area contributed by atoms with Crippen LogP contribution in [0.2, 0.25) is 0 Å². The second-order valence-corrected chi connectivity index (χ2v) is 9.58. The van der Waals surface area contributed by atoms with Crippen LogP contribution < -0.4 is 10.0 Å². The molecule has 0 aromatic heterocycles. The van der Waals surface area contributed by atoms with Crippen LogP contribution in [0.25, 0.3) is 10.8 Å². The molecular weight excluding hydrogens is 528 g/mol. The number of fused-ring (bicyclic) bond motifs is 1. The molecule has 1 atom stereocenters. The van der Waals surface area contributed by atoms with E-state index in [-0.39, 0.29) is 5.91 Å². The third-order valence-corrected chi connectivity index (χ3v) is 6.58. The minimum atomic E-state index is -1.52. The average molecular weight is 544 g/mol. The van der Waals surface area contributed by atoms with Crippen molar-refractivity contribution < 1.29 is 9.00 Å². The first-order valence-corrected chi connectivity index (χ1v) is 11.8. The standard InChI is InChI=1S/C23H16Br2N2O2S/c24-17-6-9-19(10-7-17)26-23(28)21-14-18(25)8-12-22(21)27-30(29)20-11-5-15-3-1-2-4-16(15)13-20/h1-14,27H,(H,26,28). The summed E-state index contributed by atoms with van der Waals surface area (Å²) in [4.78, 5) is 13.5. The van der Waals surface area contributed by atoms with E-state index in [0.29, 0.717) is 21.8 Å². The molecule has 7 heteroatoms. The van der Waals surface area contributed by atoms with Crippen LogP contribution >= 0.6 is 31.9 Å². The highest BCUT2D eigenvalue weighted by atomic mass is 79.9. The van der Waals surface area contributed by atoms with Gasteiger partial charge in [0.1, 0.15) is 11.0 Å². The van der Waals surface area contributed by atoms with Gasteiger partial charge in [-0.15, -0.1) is 0 Å². The van der Waals surface area contributed by atoms with Crippen molar-refractivity contribution in [3.8, 4) is 0 Å². The topological polar surface area (TPSA) is 58.2 Å². The van der Waals surface area contributed by atoms with Gasteiger partial charge in [-0.2, -0.15) is 0 Å². The Morgan fingerprint density at radius 1 is 0.767 bits per heavy atom. The number of hydrogen-bond donors (Lipinski definition) is 2. The van der Waals surface area contributed by atoms with E-state index in [1.807, 2.05) is 54.6 Å². The van der Waals surface area contributed by atoms with Crippen LogP contribution in [0.5, 0.6) is 0 Å². The zero-order chi connectivity index (χ0) is 21.1. The van der Waals surface area contributed by atoms with Crippen molar-refractivity contribution in [2.45, 2.75) is 4.90 Å². The van der Waals surface area contributed by atoms with Gasteiger partial charge in [0.25, 0.3) is 5.91 Å². The lowest BCUT2D eigenvalue weighted by Gasteiger charge is -2.13. The molecule has 1 unspecified atom stereocenters. The lowest BCUT2D eigenvalue weighted by atomic mass is 10.1. The molecule has 0 saturated carbocycles. The lowest BCUT2D eigenvalue weighted by molar-refractivity contribution is 0.102. The van der Waals surface area contributed by atoms with E-state index >= 15 is 0 Å². The van der Waals surface area contributed by atoms with Gasteiger partial charge in [-0.05, 0) is 65.4 Å². The monoisotopic (exact) mass is 542 g/mol. The fraction of sp³-hybridized carbons (Fsp3) is 0. The molecule has 4 nitrogen and oxygen atoms in total. The quantitative estimate of drug-likeness (QED) is 0.292. The highest BCUT2D eigenvalue weighted by Crippen LogP contribution is 2.25. The molecule has 0 aliphatic rings. The zero-order valence-corrected chi connectivity index (χ0v) is 19.6. The van der Waals surface area contributed by atoms with Gasteiger partial charge in [0.2, 0.25) is 0 Å². The van der Waals surface area contributed by atoms with E-state index in [2.05, 4.69) is 41.9 Å². The molecule has 4 rings (SSSR count). The number of halogens is 2. The summed E-state index contributed by atoms with van der Waals surface area (Å²) in [7, 11) is -1.52. The Kier molecular flexibility index (Phi) is 6.32. The number of anilines is 2. The van der Waals surface area contributed by atoms with E-state index in [9.17, 15) is 9.00 Å². The number of rotatable bonds is 5. The number of carbonyl (C=O) groups excluding carboxylic acids is 1. The van der Waals surface area contributed by atoms with Gasteiger partial charge in [-0.1, -0.05) is 62.2 Å². The molecule has 1 amide bonds. The zero-order valence-electron chi connectivity index (χ0n) is 15.6. The SMILES string of the molecule is O=C(Nc1ccc(Br)cc1)c1cc(Br)ccc1NS(=O)c1ccc2ccccc2c1. The summed E-state index contributed by atoms with van der Waals surface area (Å²) in [5.74, 6) is -0.295. The van der Waals surface area contributed by atoms with Crippen LogP contribution in [-0.2, 0) is 11.0 Å². The largest absolute Gasteiger partial charge is 0.322 e. The predicted octanol–water partition coefficient (Wildman–Crippen LogP) is 6.75. The lowest BCUT2D eigenvalue weighted by Crippen LogP contribution is -2.16. The van der Waals surface area contributed by atoms with Crippen LogP contribution in [0.4, 0.5) is 11.4 Å². The fourth-order valence-electron chi connectivity index (χ4n) is 2.97. The van der Waals surface area contributed by atoms with Gasteiger partial charge in [0.15, 0.2) is 0 Å². The van der Waals surface area contributed by atoms with Gasteiger partial charge in [-0.3, -0.25) is 4.79 Å². The molecule has 2 N–H and O–H groups in total. The summed E-state index contributed by atoms with van der Waals surface area (Å²) >= 11 is 6.79. The second kappa shape index (κ2) is 9.12. The Labute approximate surface area is 193 Å². The fourth-order valence-corrected chi connectivity index (χ4v) is 4.51. The maximum atomic E-state index is 13.0. The normalized spacial score (nSPS) is 11.8. The van der Waals surface area contributed by atoms with E-state index in [1.165, 1.54) is 0 Å². The van der Waals surface area contributed by atoms with Crippen LogP contribution in [0.3, 0.4) is 0 Å². The van der Waals surface area contributed by atoms with Crippen molar-refractivity contribution in [3.63, 3.8) is 0 Å². The number of carbonyl (C=O) groups is 1. The Balaban J connectivity index is 1.59. The van der Waals surface area contributed by atoms with Crippen molar-refractivity contribution in [2.24, 2.45) is 0 Å². The Morgan fingerprint density at radius 3 is 2.23 bits per heavy atom. The Hall–Kier alpha value is -2.48. The van der Waals surface area contributed by atoms with Gasteiger partial charge in [0, 0.05) is 14.6 Å². The number of hydrogen-bond acceptors (Lipinski definition) is 2. The number of nitrogens with one attached hydrogen (secondary N) is 2. The van der Waals surface area contributed by atoms with E-state index in [0.717, 1.165) is 19.7 Å².